The molecule has 0 amide bonds. The first-order chi connectivity index (χ1) is 6.09. The maximum Gasteiger partial charge on any atom is 0.328 e. The van der Waals surface area contributed by atoms with Crippen molar-refractivity contribution in [1.29, 1.82) is 0 Å². The quantitative estimate of drug-likeness (QED) is 0.706. The first kappa shape index (κ1) is 9.38. The summed E-state index contributed by atoms with van der Waals surface area (Å²) in [4.78, 5) is 14.0. The summed E-state index contributed by atoms with van der Waals surface area (Å²) in [6.45, 7) is 1.61. The molecule has 0 spiro atoms. The molecule has 0 saturated heterocycles. The number of rotatable bonds is 2. The molecule has 4 heteroatoms. The second kappa shape index (κ2) is 3.80. The smallest absolute Gasteiger partial charge is 0.328 e. The van der Waals surface area contributed by atoms with Crippen molar-refractivity contribution in [3.8, 4) is 0 Å². The number of aromatic nitrogens is 1. The van der Waals surface area contributed by atoms with E-state index in [-0.39, 0.29) is 0 Å². The van der Waals surface area contributed by atoms with Crippen molar-refractivity contribution in [2.45, 2.75) is 6.92 Å². The first-order valence-corrected chi connectivity index (χ1v) is 3.63. The average Bonchev–Trinajstić information content (AvgIpc) is 2.04. The maximum absolute atomic E-state index is 12.4. The van der Waals surface area contributed by atoms with Gasteiger partial charge >= 0.3 is 5.97 Å². The number of allylic oxidation sites excluding steroid dienone is 1. The molecular formula is C9H8FNO2. The van der Waals surface area contributed by atoms with Crippen molar-refractivity contribution in [3.63, 3.8) is 0 Å². The van der Waals surface area contributed by atoms with Gasteiger partial charge in [0.1, 0.15) is 5.82 Å². The highest BCUT2D eigenvalue weighted by atomic mass is 19.1. The Morgan fingerprint density at radius 2 is 2.31 bits per heavy atom. The molecule has 0 aliphatic carbocycles. The summed E-state index contributed by atoms with van der Waals surface area (Å²) < 4.78 is 12.4. The highest BCUT2D eigenvalue weighted by Gasteiger charge is 1.99. The Bertz CT molecular complexity index is 343. The fourth-order valence-electron chi connectivity index (χ4n) is 0.868. The summed E-state index contributed by atoms with van der Waals surface area (Å²) in [5.74, 6) is -1.48. The fourth-order valence-corrected chi connectivity index (χ4v) is 0.868. The lowest BCUT2D eigenvalue weighted by molar-refractivity contribution is -0.131. The standard InChI is InChI=1S/C9H8FNO2/c1-6(4-9(12)13)8-3-2-7(10)5-11-8/h2-5H,1H3,(H,12,13)/b6-4-. The molecule has 1 rings (SSSR count). The van der Waals surface area contributed by atoms with Gasteiger partial charge in [-0.1, -0.05) is 0 Å². The Morgan fingerprint density at radius 1 is 1.62 bits per heavy atom. The Kier molecular flexibility index (Phi) is 2.74. The predicted octanol–water partition coefficient (Wildman–Crippen LogP) is 1.71. The third-order valence-corrected chi connectivity index (χ3v) is 1.47. The third-order valence-electron chi connectivity index (χ3n) is 1.47. The normalized spacial score (nSPS) is 11.4. The molecule has 0 radical (unpaired) electrons. The summed E-state index contributed by atoms with van der Waals surface area (Å²) in [6.07, 6.45) is 2.08. The molecule has 1 aromatic heterocycles. The van der Waals surface area contributed by atoms with Gasteiger partial charge in [0.05, 0.1) is 11.9 Å². The highest BCUT2D eigenvalue weighted by molar-refractivity contribution is 5.88. The Balaban J connectivity index is 2.96. The molecule has 0 unspecified atom stereocenters. The Hall–Kier alpha value is -1.71. The monoisotopic (exact) mass is 181 g/mol. The van der Waals surface area contributed by atoms with E-state index in [1.165, 1.54) is 12.1 Å². The van der Waals surface area contributed by atoms with Gasteiger partial charge in [-0.2, -0.15) is 0 Å². The zero-order valence-electron chi connectivity index (χ0n) is 6.99. The number of aliphatic carboxylic acids is 1. The van der Waals surface area contributed by atoms with Gasteiger partial charge in [-0.25, -0.2) is 9.18 Å². The Labute approximate surface area is 74.5 Å². The van der Waals surface area contributed by atoms with Crippen LogP contribution in [0.3, 0.4) is 0 Å². The van der Waals surface area contributed by atoms with E-state index in [1.807, 2.05) is 0 Å². The van der Waals surface area contributed by atoms with Crippen molar-refractivity contribution < 1.29 is 14.3 Å². The zero-order chi connectivity index (χ0) is 9.84. The van der Waals surface area contributed by atoms with Gasteiger partial charge in [0.2, 0.25) is 0 Å². The number of halogens is 1. The molecule has 1 heterocycles. The first-order valence-electron chi connectivity index (χ1n) is 3.63. The van der Waals surface area contributed by atoms with E-state index in [0.29, 0.717) is 11.3 Å². The number of hydrogen-bond donors (Lipinski definition) is 1. The second-order valence-corrected chi connectivity index (χ2v) is 2.53. The van der Waals surface area contributed by atoms with Crippen LogP contribution in [0.15, 0.2) is 24.4 Å². The summed E-state index contributed by atoms with van der Waals surface area (Å²) in [5.41, 5.74) is 0.955. The molecule has 0 aliphatic heterocycles. The van der Waals surface area contributed by atoms with E-state index >= 15 is 0 Å². The fraction of sp³-hybridized carbons (Fsp3) is 0.111. The van der Waals surface area contributed by atoms with E-state index in [9.17, 15) is 9.18 Å². The SMILES string of the molecule is C/C(=C/C(=O)O)c1ccc(F)cn1. The topological polar surface area (TPSA) is 50.2 Å². The van der Waals surface area contributed by atoms with Crippen LogP contribution in [0.4, 0.5) is 4.39 Å². The molecule has 0 aromatic carbocycles. The number of carboxylic acids is 1. The molecule has 1 N–H and O–H groups in total. The summed E-state index contributed by atoms with van der Waals surface area (Å²) in [6, 6.07) is 2.67. The number of pyridine rings is 1. The van der Waals surface area contributed by atoms with E-state index in [0.717, 1.165) is 12.3 Å². The third kappa shape index (κ3) is 2.66. The molecule has 13 heavy (non-hydrogen) atoms. The summed E-state index contributed by atoms with van der Waals surface area (Å²) in [5, 5.41) is 8.42. The number of hydrogen-bond acceptors (Lipinski definition) is 2. The van der Waals surface area contributed by atoms with Crippen molar-refractivity contribution >= 4 is 11.5 Å². The number of nitrogens with zero attached hydrogens (tertiary/aromatic N) is 1. The van der Waals surface area contributed by atoms with Gasteiger partial charge in [-0.3, -0.25) is 4.98 Å². The van der Waals surface area contributed by atoms with Crippen LogP contribution in [0.2, 0.25) is 0 Å². The van der Waals surface area contributed by atoms with E-state index in [1.54, 1.807) is 6.92 Å². The molecule has 68 valence electrons. The van der Waals surface area contributed by atoms with Crippen LogP contribution in [0, 0.1) is 5.82 Å². The number of carboxylic acid groups (broad SMARTS) is 1. The molecule has 0 saturated carbocycles. The lowest BCUT2D eigenvalue weighted by atomic mass is 10.2. The zero-order valence-corrected chi connectivity index (χ0v) is 6.99. The van der Waals surface area contributed by atoms with Crippen LogP contribution < -0.4 is 0 Å². The minimum atomic E-state index is -1.04. The van der Waals surface area contributed by atoms with Gasteiger partial charge in [0.15, 0.2) is 0 Å². The van der Waals surface area contributed by atoms with Crippen LogP contribution >= 0.6 is 0 Å². The molecular weight excluding hydrogens is 173 g/mol. The largest absolute Gasteiger partial charge is 0.478 e. The van der Waals surface area contributed by atoms with Crippen molar-refractivity contribution in [2.24, 2.45) is 0 Å². The average molecular weight is 181 g/mol. The van der Waals surface area contributed by atoms with Crippen molar-refractivity contribution in [3.05, 3.63) is 35.9 Å². The molecule has 0 fully saturated rings. The maximum atomic E-state index is 12.4. The summed E-state index contributed by atoms with van der Waals surface area (Å²) >= 11 is 0. The minimum Gasteiger partial charge on any atom is -0.478 e. The van der Waals surface area contributed by atoms with Gasteiger partial charge in [-0.05, 0) is 24.6 Å². The lowest BCUT2D eigenvalue weighted by Gasteiger charge is -1.97. The number of carbonyl (C=O) groups is 1. The molecule has 1 aromatic rings. The van der Waals surface area contributed by atoms with Crippen LogP contribution in [0.1, 0.15) is 12.6 Å². The highest BCUT2D eigenvalue weighted by Crippen LogP contribution is 2.10. The van der Waals surface area contributed by atoms with Crippen molar-refractivity contribution in [2.75, 3.05) is 0 Å². The van der Waals surface area contributed by atoms with E-state index in [2.05, 4.69) is 4.98 Å². The second-order valence-electron chi connectivity index (χ2n) is 2.53. The predicted molar refractivity (Wildman–Crippen MR) is 45.5 cm³/mol. The van der Waals surface area contributed by atoms with Gasteiger partial charge < -0.3 is 5.11 Å². The van der Waals surface area contributed by atoms with Crippen LogP contribution in [-0.2, 0) is 4.79 Å². The molecule has 0 bridgehead atoms. The Morgan fingerprint density at radius 3 is 2.77 bits per heavy atom. The van der Waals surface area contributed by atoms with Gasteiger partial charge in [0, 0.05) is 6.08 Å². The molecule has 3 nitrogen and oxygen atoms in total. The van der Waals surface area contributed by atoms with E-state index < -0.39 is 11.8 Å². The summed E-state index contributed by atoms with van der Waals surface area (Å²) in [7, 11) is 0. The van der Waals surface area contributed by atoms with Crippen LogP contribution in [-0.4, -0.2) is 16.1 Å². The van der Waals surface area contributed by atoms with Gasteiger partial charge in [-0.15, -0.1) is 0 Å². The van der Waals surface area contributed by atoms with E-state index in [4.69, 9.17) is 5.11 Å². The van der Waals surface area contributed by atoms with Gasteiger partial charge in [0.25, 0.3) is 0 Å². The lowest BCUT2D eigenvalue weighted by Crippen LogP contribution is -1.92. The molecule has 0 aliphatic rings. The van der Waals surface area contributed by atoms with Crippen molar-refractivity contribution in [1.82, 2.24) is 4.98 Å². The minimum absolute atomic E-state index is 0.438. The van der Waals surface area contributed by atoms with Crippen LogP contribution in [0.25, 0.3) is 5.57 Å². The van der Waals surface area contributed by atoms with Crippen LogP contribution in [0.5, 0.6) is 0 Å². The molecule has 0 atom stereocenters.